The van der Waals surface area contributed by atoms with Gasteiger partial charge in [-0.05, 0) is 29.8 Å². The van der Waals surface area contributed by atoms with Crippen LogP contribution in [0, 0.1) is 5.95 Å². The second kappa shape index (κ2) is 6.04. The zero-order valence-electron chi connectivity index (χ0n) is 10.7. The van der Waals surface area contributed by atoms with Gasteiger partial charge in [-0.25, -0.2) is 4.98 Å². The molecule has 100 valence electrons. The van der Waals surface area contributed by atoms with E-state index in [1.165, 1.54) is 18.3 Å². The van der Waals surface area contributed by atoms with Crippen LogP contribution in [0.15, 0.2) is 36.5 Å². The number of halogens is 1. The van der Waals surface area contributed by atoms with Crippen LogP contribution < -0.4 is 14.2 Å². The highest BCUT2D eigenvalue weighted by Crippen LogP contribution is 2.27. The number of aromatic nitrogens is 1. The molecule has 1 heterocycles. The molecule has 0 atom stereocenters. The van der Waals surface area contributed by atoms with Crippen molar-refractivity contribution < 1.29 is 18.6 Å². The number of methoxy groups -OCH3 is 2. The van der Waals surface area contributed by atoms with Gasteiger partial charge in [0.25, 0.3) is 0 Å². The third-order valence-electron chi connectivity index (χ3n) is 2.55. The molecular formula is C14H14FNO3. The zero-order chi connectivity index (χ0) is 13.7. The first-order valence-corrected chi connectivity index (χ1v) is 5.68. The molecule has 0 saturated heterocycles. The third kappa shape index (κ3) is 3.34. The lowest BCUT2D eigenvalue weighted by Crippen LogP contribution is -1.98. The SMILES string of the molecule is COc1ccc(COc2ccc(F)nc2)cc1OC. The number of nitrogens with zero attached hydrogens (tertiary/aromatic N) is 1. The maximum atomic E-state index is 12.6. The van der Waals surface area contributed by atoms with E-state index in [4.69, 9.17) is 14.2 Å². The first kappa shape index (κ1) is 13.1. The smallest absolute Gasteiger partial charge is 0.213 e. The van der Waals surface area contributed by atoms with Crippen LogP contribution in [0.1, 0.15) is 5.56 Å². The summed E-state index contributed by atoms with van der Waals surface area (Å²) in [4.78, 5) is 3.52. The lowest BCUT2D eigenvalue weighted by Gasteiger charge is -2.10. The van der Waals surface area contributed by atoms with Crippen LogP contribution in [-0.2, 0) is 6.61 Å². The van der Waals surface area contributed by atoms with E-state index in [1.807, 2.05) is 12.1 Å². The Morgan fingerprint density at radius 1 is 1.05 bits per heavy atom. The fourth-order valence-electron chi connectivity index (χ4n) is 1.58. The van der Waals surface area contributed by atoms with Crippen LogP contribution in [0.25, 0.3) is 0 Å². The molecule has 0 radical (unpaired) electrons. The molecule has 2 aromatic rings. The Morgan fingerprint density at radius 2 is 1.84 bits per heavy atom. The van der Waals surface area contributed by atoms with Crippen molar-refractivity contribution in [3.8, 4) is 17.2 Å². The van der Waals surface area contributed by atoms with Crippen LogP contribution in [-0.4, -0.2) is 19.2 Å². The van der Waals surface area contributed by atoms with E-state index in [0.29, 0.717) is 23.9 Å². The average molecular weight is 263 g/mol. The zero-order valence-corrected chi connectivity index (χ0v) is 10.7. The van der Waals surface area contributed by atoms with E-state index in [0.717, 1.165) is 5.56 Å². The van der Waals surface area contributed by atoms with Crippen molar-refractivity contribution in [1.29, 1.82) is 0 Å². The summed E-state index contributed by atoms with van der Waals surface area (Å²) in [5.41, 5.74) is 0.918. The van der Waals surface area contributed by atoms with E-state index < -0.39 is 5.95 Å². The molecule has 1 aromatic heterocycles. The first-order chi connectivity index (χ1) is 9.22. The highest BCUT2D eigenvalue weighted by molar-refractivity contribution is 5.42. The summed E-state index contributed by atoms with van der Waals surface area (Å²) in [6.07, 6.45) is 1.34. The van der Waals surface area contributed by atoms with Gasteiger partial charge in [-0.2, -0.15) is 4.39 Å². The predicted octanol–water partition coefficient (Wildman–Crippen LogP) is 2.82. The predicted molar refractivity (Wildman–Crippen MR) is 68.1 cm³/mol. The molecule has 0 bridgehead atoms. The van der Waals surface area contributed by atoms with Gasteiger partial charge in [0.2, 0.25) is 5.95 Å². The van der Waals surface area contributed by atoms with Crippen molar-refractivity contribution in [1.82, 2.24) is 4.98 Å². The molecule has 0 aliphatic heterocycles. The number of hydrogen-bond acceptors (Lipinski definition) is 4. The van der Waals surface area contributed by atoms with E-state index in [2.05, 4.69) is 4.98 Å². The van der Waals surface area contributed by atoms with Crippen molar-refractivity contribution in [2.75, 3.05) is 14.2 Å². The highest BCUT2D eigenvalue weighted by atomic mass is 19.1. The molecule has 0 saturated carbocycles. The molecule has 0 aliphatic carbocycles. The number of hydrogen-bond donors (Lipinski definition) is 0. The van der Waals surface area contributed by atoms with Crippen molar-refractivity contribution in [2.24, 2.45) is 0 Å². The lowest BCUT2D eigenvalue weighted by atomic mass is 10.2. The second-order valence-electron chi connectivity index (χ2n) is 3.79. The minimum atomic E-state index is -0.529. The topological polar surface area (TPSA) is 40.6 Å². The molecule has 2 rings (SSSR count). The normalized spacial score (nSPS) is 10.1. The minimum absolute atomic E-state index is 0.341. The number of benzene rings is 1. The lowest BCUT2D eigenvalue weighted by molar-refractivity contribution is 0.301. The van der Waals surface area contributed by atoms with Gasteiger partial charge < -0.3 is 14.2 Å². The minimum Gasteiger partial charge on any atom is -0.493 e. The number of rotatable bonds is 5. The van der Waals surface area contributed by atoms with Crippen molar-refractivity contribution in [2.45, 2.75) is 6.61 Å². The molecule has 0 N–H and O–H groups in total. The molecule has 0 aliphatic rings. The summed E-state index contributed by atoms with van der Waals surface area (Å²) in [6, 6.07) is 8.29. The Hall–Kier alpha value is -2.30. The van der Waals surface area contributed by atoms with E-state index in [9.17, 15) is 4.39 Å². The largest absolute Gasteiger partial charge is 0.493 e. The highest BCUT2D eigenvalue weighted by Gasteiger charge is 2.05. The van der Waals surface area contributed by atoms with Gasteiger partial charge in [0.1, 0.15) is 12.4 Å². The van der Waals surface area contributed by atoms with Gasteiger partial charge >= 0.3 is 0 Å². The molecule has 4 nitrogen and oxygen atoms in total. The third-order valence-corrected chi connectivity index (χ3v) is 2.55. The van der Waals surface area contributed by atoms with Gasteiger partial charge in [-0.3, -0.25) is 0 Å². The average Bonchev–Trinajstić information content (AvgIpc) is 2.46. The van der Waals surface area contributed by atoms with Gasteiger partial charge in [0, 0.05) is 0 Å². The fourth-order valence-corrected chi connectivity index (χ4v) is 1.58. The van der Waals surface area contributed by atoms with Crippen molar-refractivity contribution in [3.63, 3.8) is 0 Å². The van der Waals surface area contributed by atoms with E-state index in [-0.39, 0.29) is 0 Å². The van der Waals surface area contributed by atoms with Crippen molar-refractivity contribution >= 4 is 0 Å². The van der Waals surface area contributed by atoms with Crippen LogP contribution in [0.3, 0.4) is 0 Å². The quantitative estimate of drug-likeness (QED) is 0.778. The van der Waals surface area contributed by atoms with Gasteiger partial charge in [0.05, 0.1) is 20.4 Å². The van der Waals surface area contributed by atoms with Crippen LogP contribution >= 0.6 is 0 Å². The summed E-state index contributed by atoms with van der Waals surface area (Å²) in [5.74, 6) is 1.28. The Bertz CT molecular complexity index is 543. The Kier molecular flexibility index (Phi) is 4.18. The monoisotopic (exact) mass is 263 g/mol. The summed E-state index contributed by atoms with van der Waals surface area (Å²) >= 11 is 0. The van der Waals surface area contributed by atoms with Gasteiger partial charge in [-0.1, -0.05) is 6.07 Å². The second-order valence-corrected chi connectivity index (χ2v) is 3.79. The van der Waals surface area contributed by atoms with Gasteiger partial charge in [-0.15, -0.1) is 0 Å². The van der Waals surface area contributed by atoms with Crippen LogP contribution in [0.5, 0.6) is 17.2 Å². The van der Waals surface area contributed by atoms with E-state index in [1.54, 1.807) is 20.3 Å². The van der Waals surface area contributed by atoms with Gasteiger partial charge in [0.15, 0.2) is 11.5 Å². The molecule has 0 unspecified atom stereocenters. The summed E-state index contributed by atoms with van der Waals surface area (Å²) in [7, 11) is 3.16. The van der Waals surface area contributed by atoms with E-state index >= 15 is 0 Å². The standard InChI is InChI=1S/C14H14FNO3/c1-17-12-5-3-10(7-13(12)18-2)9-19-11-4-6-14(15)16-8-11/h3-8H,9H2,1-2H3. The maximum absolute atomic E-state index is 12.6. The molecule has 5 heteroatoms. The molecule has 19 heavy (non-hydrogen) atoms. The Labute approximate surface area is 110 Å². The van der Waals surface area contributed by atoms with Crippen LogP contribution in [0.2, 0.25) is 0 Å². The Balaban J connectivity index is 2.05. The Morgan fingerprint density at radius 3 is 2.47 bits per heavy atom. The number of pyridine rings is 1. The molecule has 0 amide bonds. The summed E-state index contributed by atoms with van der Waals surface area (Å²) < 4.78 is 28.5. The molecule has 0 fully saturated rings. The molecular weight excluding hydrogens is 249 g/mol. The first-order valence-electron chi connectivity index (χ1n) is 5.68. The van der Waals surface area contributed by atoms with Crippen LogP contribution in [0.4, 0.5) is 4.39 Å². The number of ether oxygens (including phenoxy) is 3. The summed E-state index contributed by atoms with van der Waals surface area (Å²) in [5, 5.41) is 0. The molecule has 1 aromatic carbocycles. The summed E-state index contributed by atoms with van der Waals surface area (Å²) in [6.45, 7) is 0.341. The maximum Gasteiger partial charge on any atom is 0.213 e. The van der Waals surface area contributed by atoms with Crippen molar-refractivity contribution in [3.05, 3.63) is 48.0 Å². The molecule has 0 spiro atoms. The fraction of sp³-hybridized carbons (Fsp3) is 0.214.